The lowest BCUT2D eigenvalue weighted by molar-refractivity contribution is -0.121. The molecule has 1 aromatic heterocycles. The molecule has 0 spiro atoms. The van der Waals surface area contributed by atoms with Gasteiger partial charge in [-0.1, -0.05) is 0 Å². The summed E-state index contributed by atoms with van der Waals surface area (Å²) in [6, 6.07) is 3.51. The van der Waals surface area contributed by atoms with Gasteiger partial charge >= 0.3 is 5.97 Å². The number of aromatic nitrogens is 1. The number of fused-ring (bicyclic) bond motifs is 2. The van der Waals surface area contributed by atoms with Crippen molar-refractivity contribution < 1.29 is 28.5 Å². The maximum atomic E-state index is 12.8. The van der Waals surface area contributed by atoms with Crippen molar-refractivity contribution in [2.45, 2.75) is 33.0 Å². The third kappa shape index (κ3) is 4.01. The molecule has 1 fully saturated rings. The second-order valence-corrected chi connectivity index (χ2v) is 7.35. The number of benzene rings is 1. The zero-order valence-corrected chi connectivity index (χ0v) is 16.7. The molecule has 2 aliphatic rings. The number of hydrogen-bond donors (Lipinski definition) is 2. The Bertz CT molecular complexity index is 930. The molecular weight excluding hydrogens is 378 g/mol. The minimum atomic E-state index is -0.533. The Morgan fingerprint density at radius 1 is 1.21 bits per heavy atom. The van der Waals surface area contributed by atoms with Crippen LogP contribution in [-0.2, 0) is 14.3 Å². The summed E-state index contributed by atoms with van der Waals surface area (Å²) in [4.78, 5) is 30.3. The quantitative estimate of drug-likeness (QED) is 0.737. The molecule has 1 saturated heterocycles. The molecule has 2 aliphatic heterocycles. The minimum Gasteiger partial charge on any atom is -0.461 e. The third-order valence-electron chi connectivity index (χ3n) is 4.90. The fourth-order valence-corrected chi connectivity index (χ4v) is 3.87. The van der Waals surface area contributed by atoms with Crippen LogP contribution >= 0.6 is 0 Å². The standard InChI is InChI=1S/C20H25N3O6/c1-4-26-20(25)19-18(13-5-15-16(28-10-27-15)6-14(13)21-19)22-17(24)9-23-7-11(2)29-12(3)8-23/h5-6,11-12,21H,4,7-10H2,1-3H3,(H,22,24)/t11-,12-/m0/s1. The Kier molecular flexibility index (Phi) is 5.33. The highest BCUT2D eigenvalue weighted by molar-refractivity contribution is 6.11. The summed E-state index contributed by atoms with van der Waals surface area (Å²) in [6.45, 7) is 7.64. The van der Waals surface area contributed by atoms with Crippen molar-refractivity contribution in [3.8, 4) is 11.5 Å². The first kappa shape index (κ1) is 19.5. The van der Waals surface area contributed by atoms with Gasteiger partial charge in [-0.25, -0.2) is 4.79 Å². The lowest BCUT2D eigenvalue weighted by atomic mass is 10.2. The zero-order valence-electron chi connectivity index (χ0n) is 16.7. The van der Waals surface area contributed by atoms with Crippen LogP contribution in [0.4, 0.5) is 5.69 Å². The summed E-state index contributed by atoms with van der Waals surface area (Å²) < 4.78 is 21.7. The summed E-state index contributed by atoms with van der Waals surface area (Å²) in [7, 11) is 0. The van der Waals surface area contributed by atoms with Crippen LogP contribution in [-0.4, -0.2) is 67.0 Å². The van der Waals surface area contributed by atoms with Gasteiger partial charge in [-0.05, 0) is 26.8 Å². The van der Waals surface area contributed by atoms with Crippen LogP contribution < -0.4 is 14.8 Å². The summed E-state index contributed by atoms with van der Waals surface area (Å²) in [5.41, 5.74) is 1.24. The molecule has 2 atom stereocenters. The van der Waals surface area contributed by atoms with E-state index < -0.39 is 5.97 Å². The van der Waals surface area contributed by atoms with Gasteiger partial charge in [-0.3, -0.25) is 9.69 Å². The number of carbonyl (C=O) groups excluding carboxylic acids is 2. The lowest BCUT2D eigenvalue weighted by Crippen LogP contribution is -2.48. The predicted molar refractivity (Wildman–Crippen MR) is 105 cm³/mol. The second-order valence-electron chi connectivity index (χ2n) is 7.35. The molecule has 0 saturated carbocycles. The molecule has 4 rings (SSSR count). The number of rotatable bonds is 5. The van der Waals surface area contributed by atoms with Gasteiger partial charge in [0.1, 0.15) is 5.69 Å². The van der Waals surface area contributed by atoms with E-state index in [1.54, 1.807) is 19.1 Å². The van der Waals surface area contributed by atoms with E-state index in [4.69, 9.17) is 18.9 Å². The van der Waals surface area contributed by atoms with Crippen molar-refractivity contribution in [3.05, 3.63) is 17.8 Å². The highest BCUT2D eigenvalue weighted by atomic mass is 16.7. The Morgan fingerprint density at radius 3 is 2.59 bits per heavy atom. The topological polar surface area (TPSA) is 102 Å². The molecular formula is C20H25N3O6. The molecule has 9 nitrogen and oxygen atoms in total. The van der Waals surface area contributed by atoms with Crippen molar-refractivity contribution in [2.75, 3.05) is 38.4 Å². The average molecular weight is 403 g/mol. The van der Waals surface area contributed by atoms with E-state index in [2.05, 4.69) is 10.3 Å². The van der Waals surface area contributed by atoms with E-state index in [0.29, 0.717) is 41.2 Å². The zero-order chi connectivity index (χ0) is 20.5. The first-order valence-electron chi connectivity index (χ1n) is 9.74. The van der Waals surface area contributed by atoms with E-state index in [1.807, 2.05) is 18.7 Å². The molecule has 156 valence electrons. The Morgan fingerprint density at radius 2 is 1.90 bits per heavy atom. The van der Waals surface area contributed by atoms with Crippen LogP contribution in [0.15, 0.2) is 12.1 Å². The average Bonchev–Trinajstić information content (AvgIpc) is 3.23. The number of esters is 1. The van der Waals surface area contributed by atoms with Crippen LogP contribution in [0.1, 0.15) is 31.3 Å². The van der Waals surface area contributed by atoms with Gasteiger partial charge in [-0.15, -0.1) is 0 Å². The number of nitrogens with zero attached hydrogens (tertiary/aromatic N) is 1. The number of anilines is 1. The summed E-state index contributed by atoms with van der Waals surface area (Å²) >= 11 is 0. The lowest BCUT2D eigenvalue weighted by Gasteiger charge is -2.34. The minimum absolute atomic E-state index is 0.0643. The Labute approximate surface area is 168 Å². The highest BCUT2D eigenvalue weighted by Gasteiger charge is 2.27. The number of hydrogen-bond acceptors (Lipinski definition) is 7. The largest absolute Gasteiger partial charge is 0.461 e. The van der Waals surface area contributed by atoms with Crippen LogP contribution in [0.2, 0.25) is 0 Å². The molecule has 1 aromatic carbocycles. The fourth-order valence-electron chi connectivity index (χ4n) is 3.87. The number of aromatic amines is 1. The van der Waals surface area contributed by atoms with Gasteiger partial charge < -0.3 is 29.2 Å². The summed E-state index contributed by atoms with van der Waals surface area (Å²) in [5, 5.41) is 3.55. The summed E-state index contributed by atoms with van der Waals surface area (Å²) in [5.74, 6) is 0.409. The fraction of sp³-hybridized carbons (Fsp3) is 0.500. The number of amides is 1. The maximum absolute atomic E-state index is 12.8. The van der Waals surface area contributed by atoms with E-state index >= 15 is 0 Å². The van der Waals surface area contributed by atoms with Crippen LogP contribution in [0.5, 0.6) is 11.5 Å². The summed E-state index contributed by atoms with van der Waals surface area (Å²) in [6.07, 6.45) is 0.129. The molecule has 2 aromatic rings. The molecule has 0 aliphatic carbocycles. The van der Waals surface area contributed by atoms with E-state index in [1.165, 1.54) is 0 Å². The Hall–Kier alpha value is -2.78. The SMILES string of the molecule is CCOC(=O)c1[nH]c2cc3c(cc2c1NC(=O)CN1C[C@H](C)O[C@@H](C)C1)OCO3. The monoisotopic (exact) mass is 403 g/mol. The molecule has 9 heteroatoms. The van der Waals surface area contributed by atoms with Crippen molar-refractivity contribution in [3.63, 3.8) is 0 Å². The number of nitrogens with one attached hydrogen (secondary N) is 2. The van der Waals surface area contributed by atoms with Crippen LogP contribution in [0.3, 0.4) is 0 Å². The van der Waals surface area contributed by atoms with Gasteiger partial charge in [0.05, 0.1) is 36.6 Å². The second kappa shape index (κ2) is 7.92. The Balaban J connectivity index is 1.61. The highest BCUT2D eigenvalue weighted by Crippen LogP contribution is 2.40. The smallest absolute Gasteiger partial charge is 0.356 e. The van der Waals surface area contributed by atoms with Gasteiger partial charge in [0.15, 0.2) is 11.5 Å². The first-order chi connectivity index (χ1) is 13.9. The van der Waals surface area contributed by atoms with Crippen molar-refractivity contribution in [2.24, 2.45) is 0 Å². The van der Waals surface area contributed by atoms with Crippen molar-refractivity contribution in [1.82, 2.24) is 9.88 Å². The normalized spacial score (nSPS) is 21.3. The maximum Gasteiger partial charge on any atom is 0.356 e. The van der Waals surface area contributed by atoms with E-state index in [-0.39, 0.29) is 43.8 Å². The number of H-pyrrole nitrogens is 1. The molecule has 0 bridgehead atoms. The van der Waals surface area contributed by atoms with E-state index in [0.717, 1.165) is 0 Å². The molecule has 29 heavy (non-hydrogen) atoms. The number of ether oxygens (including phenoxy) is 4. The predicted octanol–water partition coefficient (Wildman–Crippen LogP) is 2.12. The number of morpholine rings is 1. The first-order valence-corrected chi connectivity index (χ1v) is 9.74. The van der Waals surface area contributed by atoms with Gasteiger partial charge in [0.2, 0.25) is 12.7 Å². The molecule has 0 radical (unpaired) electrons. The van der Waals surface area contributed by atoms with E-state index in [9.17, 15) is 9.59 Å². The molecule has 2 N–H and O–H groups in total. The molecule has 3 heterocycles. The van der Waals surface area contributed by atoms with Crippen molar-refractivity contribution >= 4 is 28.5 Å². The van der Waals surface area contributed by atoms with Gasteiger partial charge in [0, 0.05) is 24.5 Å². The van der Waals surface area contributed by atoms with Crippen LogP contribution in [0, 0.1) is 0 Å². The number of carbonyl (C=O) groups is 2. The van der Waals surface area contributed by atoms with Crippen LogP contribution in [0.25, 0.3) is 10.9 Å². The van der Waals surface area contributed by atoms with Crippen molar-refractivity contribution in [1.29, 1.82) is 0 Å². The van der Waals surface area contributed by atoms with Gasteiger partial charge in [0.25, 0.3) is 0 Å². The molecule has 0 unspecified atom stereocenters. The molecule has 1 amide bonds. The van der Waals surface area contributed by atoms with Gasteiger partial charge in [-0.2, -0.15) is 0 Å². The third-order valence-corrected chi connectivity index (χ3v) is 4.90.